The second kappa shape index (κ2) is 61.4. The number of rotatable bonds is 67. The average molecular weight is 1320 g/mol. The van der Waals surface area contributed by atoms with Crippen LogP contribution in [0.5, 0.6) is 0 Å². The first-order chi connectivity index (χ1) is 43.3. The summed E-state index contributed by atoms with van der Waals surface area (Å²) in [7, 11) is -9.92. The summed E-state index contributed by atoms with van der Waals surface area (Å²) in [6, 6.07) is 0. The number of aliphatic hydroxyl groups excluding tert-OH is 1. The van der Waals surface area contributed by atoms with Crippen LogP contribution in [-0.4, -0.2) is 96.7 Å². The van der Waals surface area contributed by atoms with E-state index in [-0.39, 0.29) is 25.7 Å². The number of phosphoric acid groups is 2. The van der Waals surface area contributed by atoms with Crippen molar-refractivity contribution in [3.05, 3.63) is 24.3 Å². The van der Waals surface area contributed by atoms with Gasteiger partial charge in [0.25, 0.3) is 0 Å². The van der Waals surface area contributed by atoms with Crippen LogP contribution in [0.4, 0.5) is 0 Å². The number of hydrogen-bond donors (Lipinski definition) is 3. The number of allylic oxidation sites excluding steroid dienone is 4. The van der Waals surface area contributed by atoms with Crippen LogP contribution in [-0.2, 0) is 65.4 Å². The Morgan fingerprint density at radius 3 is 0.989 bits per heavy atom. The quantitative estimate of drug-likeness (QED) is 0.0169. The van der Waals surface area contributed by atoms with Gasteiger partial charge in [-0.25, -0.2) is 9.13 Å². The van der Waals surface area contributed by atoms with Crippen molar-refractivity contribution >= 4 is 39.5 Å². The molecule has 0 radical (unpaired) electrons. The smallest absolute Gasteiger partial charge is 0.462 e. The summed E-state index contributed by atoms with van der Waals surface area (Å²) < 4.78 is 68.3. The number of ether oxygens (including phenoxy) is 4. The Morgan fingerprint density at radius 2 is 0.656 bits per heavy atom. The Labute approximate surface area is 548 Å². The number of aliphatic hydroxyl groups is 1. The van der Waals surface area contributed by atoms with Crippen LogP contribution in [0.2, 0.25) is 0 Å². The van der Waals surface area contributed by atoms with E-state index in [1.807, 2.05) is 0 Å². The zero-order chi connectivity index (χ0) is 66.6. The van der Waals surface area contributed by atoms with Crippen LogP contribution in [0.25, 0.3) is 0 Å². The molecule has 0 saturated heterocycles. The molecule has 6 atom stereocenters. The molecule has 0 aliphatic rings. The van der Waals surface area contributed by atoms with Crippen molar-refractivity contribution in [2.24, 2.45) is 17.8 Å². The fraction of sp³-hybridized carbons (Fsp3) is 0.887. The maximum Gasteiger partial charge on any atom is 0.472 e. The lowest BCUT2D eigenvalue weighted by atomic mass is 10.00. The van der Waals surface area contributed by atoms with Gasteiger partial charge in [0.15, 0.2) is 12.2 Å². The molecule has 0 aliphatic heterocycles. The minimum Gasteiger partial charge on any atom is -0.462 e. The summed E-state index contributed by atoms with van der Waals surface area (Å²) in [5.41, 5.74) is 0. The maximum atomic E-state index is 13.0. The van der Waals surface area contributed by atoms with E-state index < -0.39 is 97.5 Å². The van der Waals surface area contributed by atoms with E-state index in [4.69, 9.17) is 37.0 Å². The zero-order valence-corrected chi connectivity index (χ0v) is 59.9. The first-order valence-electron chi connectivity index (χ1n) is 36.2. The van der Waals surface area contributed by atoms with Gasteiger partial charge in [0.2, 0.25) is 0 Å². The third-order valence-corrected chi connectivity index (χ3v) is 18.0. The lowest BCUT2D eigenvalue weighted by Gasteiger charge is -2.21. The van der Waals surface area contributed by atoms with Crippen LogP contribution in [0.1, 0.15) is 331 Å². The summed E-state index contributed by atoms with van der Waals surface area (Å²) in [4.78, 5) is 72.5. The minimum atomic E-state index is -4.96. The number of carbonyl (C=O) groups excluding carboxylic acids is 4. The molecular weight excluding hydrogens is 1190 g/mol. The highest BCUT2D eigenvalue weighted by atomic mass is 31.2. The van der Waals surface area contributed by atoms with Crippen LogP contribution in [0, 0.1) is 17.8 Å². The molecule has 0 amide bonds. The molecule has 17 nitrogen and oxygen atoms in total. The lowest BCUT2D eigenvalue weighted by Crippen LogP contribution is -2.30. The van der Waals surface area contributed by atoms with Gasteiger partial charge >= 0.3 is 39.5 Å². The van der Waals surface area contributed by atoms with Crippen molar-refractivity contribution in [3.63, 3.8) is 0 Å². The summed E-state index contributed by atoms with van der Waals surface area (Å²) in [5.74, 6) is 0.0587. The summed E-state index contributed by atoms with van der Waals surface area (Å²) in [6.07, 6.45) is 48.0. The highest BCUT2D eigenvalue weighted by molar-refractivity contribution is 7.47. The molecule has 0 saturated carbocycles. The molecule has 0 aromatic heterocycles. The average Bonchev–Trinajstić information content (AvgIpc) is 3.58. The van der Waals surface area contributed by atoms with E-state index in [9.17, 15) is 43.2 Å². The van der Waals surface area contributed by atoms with E-state index in [0.717, 1.165) is 133 Å². The largest absolute Gasteiger partial charge is 0.472 e. The summed E-state index contributed by atoms with van der Waals surface area (Å²) in [6.45, 7) is 11.7. The van der Waals surface area contributed by atoms with Gasteiger partial charge in [-0.1, -0.05) is 278 Å². The fourth-order valence-corrected chi connectivity index (χ4v) is 11.7. The molecule has 0 aliphatic carbocycles. The Morgan fingerprint density at radius 1 is 0.367 bits per heavy atom. The van der Waals surface area contributed by atoms with Crippen LogP contribution >= 0.6 is 15.6 Å². The van der Waals surface area contributed by atoms with Gasteiger partial charge in [-0.2, -0.15) is 0 Å². The highest BCUT2D eigenvalue weighted by Crippen LogP contribution is 2.45. The first-order valence-corrected chi connectivity index (χ1v) is 39.2. The number of unbranched alkanes of at least 4 members (excludes halogenated alkanes) is 31. The van der Waals surface area contributed by atoms with Crippen molar-refractivity contribution < 1.29 is 80.2 Å². The molecule has 3 N–H and O–H groups in total. The molecule has 0 bridgehead atoms. The lowest BCUT2D eigenvalue weighted by molar-refractivity contribution is -0.161. The number of carbonyl (C=O) groups is 4. The molecule has 90 heavy (non-hydrogen) atoms. The van der Waals surface area contributed by atoms with Crippen LogP contribution < -0.4 is 0 Å². The zero-order valence-electron chi connectivity index (χ0n) is 58.1. The molecule has 3 unspecified atom stereocenters. The molecule has 0 spiro atoms. The Hall–Kier alpha value is -2.46. The fourth-order valence-electron chi connectivity index (χ4n) is 10.1. The van der Waals surface area contributed by atoms with Gasteiger partial charge in [0.05, 0.1) is 26.4 Å². The van der Waals surface area contributed by atoms with E-state index in [0.29, 0.717) is 25.7 Å². The highest BCUT2D eigenvalue weighted by Gasteiger charge is 2.30. The number of phosphoric ester groups is 2. The molecule has 530 valence electrons. The van der Waals surface area contributed by atoms with Gasteiger partial charge < -0.3 is 33.8 Å². The Bertz CT molecular complexity index is 1860. The molecule has 0 fully saturated rings. The molecule has 0 aromatic carbocycles. The Balaban J connectivity index is 5.30. The van der Waals surface area contributed by atoms with Crippen molar-refractivity contribution in [1.29, 1.82) is 0 Å². The molecule has 19 heteroatoms. The second-order valence-corrected chi connectivity index (χ2v) is 29.0. The SMILES string of the molecule is CCCCCC/C=C\C=C/CCCCCCCC(=O)O[C@H](COC(=O)CCCCCCCCCCC(C)C)COP(=O)(O)OC[C@@H](O)COP(=O)(O)OC[C@@H](COC(=O)CCCCCCCCC(C)CC)OC(=O)CCCCCCCCCCCCCC(C)C. The van der Waals surface area contributed by atoms with Crippen molar-refractivity contribution in [1.82, 2.24) is 0 Å². The third kappa shape index (κ3) is 63.0. The van der Waals surface area contributed by atoms with Gasteiger partial charge in [-0.15, -0.1) is 0 Å². The van der Waals surface area contributed by atoms with Gasteiger partial charge in [0, 0.05) is 25.7 Å². The van der Waals surface area contributed by atoms with Crippen molar-refractivity contribution in [2.75, 3.05) is 39.6 Å². The maximum absolute atomic E-state index is 13.0. The topological polar surface area (TPSA) is 237 Å². The van der Waals surface area contributed by atoms with Gasteiger partial charge in [-0.05, 0) is 69.1 Å². The standard InChI is InChI=1S/C71H134O17P2/c1-8-10-11-12-13-14-15-16-17-18-21-24-31-40-47-54-70(75)87-66(58-81-68(73)52-45-38-30-27-26-29-36-43-50-63(5)6)60-85-89(77,78)83-56-65(72)57-84-90(79,80)86-61-67(59-82-69(74)53-46-39-34-33-37-44-51-64(7)9-2)88-71(76)55-48-41-32-25-22-19-20-23-28-35-42-49-62(3)4/h14-17,62-67,72H,8-13,18-61H2,1-7H3,(H,77,78)(H,79,80)/b15-14-,17-16-/t64?,65-,66-,67-/m1/s1. The first kappa shape index (κ1) is 87.5. The second-order valence-electron chi connectivity index (χ2n) is 26.1. The molecule has 0 aromatic rings. The number of hydrogen-bond acceptors (Lipinski definition) is 15. The van der Waals surface area contributed by atoms with Gasteiger partial charge in [-0.3, -0.25) is 37.3 Å². The normalized spacial score (nSPS) is 14.7. The monoisotopic (exact) mass is 1320 g/mol. The van der Waals surface area contributed by atoms with Crippen molar-refractivity contribution in [2.45, 2.75) is 349 Å². The minimum absolute atomic E-state index is 0.0839. The summed E-state index contributed by atoms with van der Waals surface area (Å²) >= 11 is 0. The van der Waals surface area contributed by atoms with E-state index >= 15 is 0 Å². The molecule has 0 rings (SSSR count). The molecular formula is C71H134O17P2. The van der Waals surface area contributed by atoms with E-state index in [2.05, 4.69) is 72.8 Å². The predicted octanol–water partition coefficient (Wildman–Crippen LogP) is 19.8. The summed E-state index contributed by atoms with van der Waals surface area (Å²) in [5, 5.41) is 10.6. The third-order valence-electron chi connectivity index (χ3n) is 16.1. The molecule has 0 heterocycles. The van der Waals surface area contributed by atoms with Crippen LogP contribution in [0.3, 0.4) is 0 Å². The van der Waals surface area contributed by atoms with Crippen molar-refractivity contribution in [3.8, 4) is 0 Å². The number of esters is 4. The van der Waals surface area contributed by atoms with E-state index in [1.165, 1.54) is 116 Å². The Kier molecular flexibility index (Phi) is 59.7. The van der Waals surface area contributed by atoms with Gasteiger partial charge in [0.1, 0.15) is 19.3 Å². The predicted molar refractivity (Wildman–Crippen MR) is 363 cm³/mol. The van der Waals surface area contributed by atoms with Crippen LogP contribution in [0.15, 0.2) is 24.3 Å². The van der Waals surface area contributed by atoms with E-state index in [1.54, 1.807) is 0 Å².